The number of nitrogens with zero attached hydrogens (tertiary/aromatic N) is 3. The maximum absolute atomic E-state index is 13.0. The van der Waals surface area contributed by atoms with Crippen LogP contribution in [0.3, 0.4) is 0 Å². The summed E-state index contributed by atoms with van der Waals surface area (Å²) in [6.07, 6.45) is 1.91. The Kier molecular flexibility index (Phi) is 4.83. The van der Waals surface area contributed by atoms with E-state index in [1.807, 2.05) is 30.5 Å². The molecule has 1 aromatic heterocycles. The minimum Gasteiger partial charge on any atom is -0.319 e. The van der Waals surface area contributed by atoms with Crippen LogP contribution in [0.4, 0.5) is 4.79 Å². The van der Waals surface area contributed by atoms with Crippen LogP contribution in [0.1, 0.15) is 43.8 Å². The van der Waals surface area contributed by atoms with Gasteiger partial charge in [-0.2, -0.15) is 0 Å². The van der Waals surface area contributed by atoms with Crippen molar-refractivity contribution >= 4 is 35.0 Å². The lowest BCUT2D eigenvalue weighted by atomic mass is 9.84. The largest absolute Gasteiger partial charge is 0.325 e. The summed E-state index contributed by atoms with van der Waals surface area (Å²) in [6, 6.07) is 7.45. The highest BCUT2D eigenvalue weighted by atomic mass is 32.2. The SMILES string of the molecule is CSc1nnc(CN2C(=O)N[C@@](C)(c3ccc(C(C)(C)C)cc3)C2=O)s1. The normalized spacial score (nSPS) is 20.6. The molecule has 26 heavy (non-hydrogen) atoms. The van der Waals surface area contributed by atoms with Crippen LogP contribution in [0.2, 0.25) is 0 Å². The molecule has 1 aromatic carbocycles. The maximum atomic E-state index is 13.0. The molecule has 3 rings (SSSR count). The number of nitrogens with one attached hydrogen (secondary N) is 1. The molecule has 1 N–H and O–H groups in total. The molecule has 1 aliphatic heterocycles. The van der Waals surface area contributed by atoms with E-state index in [0.717, 1.165) is 9.90 Å². The Morgan fingerprint density at radius 3 is 2.38 bits per heavy atom. The Bertz CT molecular complexity index is 842. The van der Waals surface area contributed by atoms with Crippen molar-refractivity contribution in [3.05, 3.63) is 40.4 Å². The van der Waals surface area contributed by atoms with Gasteiger partial charge in [0, 0.05) is 0 Å². The van der Waals surface area contributed by atoms with E-state index < -0.39 is 11.6 Å². The third kappa shape index (κ3) is 3.35. The van der Waals surface area contributed by atoms with E-state index in [0.29, 0.717) is 5.01 Å². The Balaban J connectivity index is 1.84. The van der Waals surface area contributed by atoms with Gasteiger partial charge in [0.25, 0.3) is 5.91 Å². The first-order valence-corrected chi connectivity index (χ1v) is 10.3. The first kappa shape index (κ1) is 18.8. The van der Waals surface area contributed by atoms with Crippen molar-refractivity contribution in [3.8, 4) is 0 Å². The van der Waals surface area contributed by atoms with Gasteiger partial charge in [-0.25, -0.2) is 4.79 Å². The molecule has 0 saturated carbocycles. The topological polar surface area (TPSA) is 75.2 Å². The predicted octanol–water partition coefficient (Wildman–Crippen LogP) is 3.52. The highest BCUT2D eigenvalue weighted by Crippen LogP contribution is 2.32. The maximum Gasteiger partial charge on any atom is 0.325 e. The number of amides is 3. The molecule has 0 unspecified atom stereocenters. The molecule has 1 atom stereocenters. The van der Waals surface area contributed by atoms with E-state index in [-0.39, 0.29) is 17.9 Å². The van der Waals surface area contributed by atoms with E-state index >= 15 is 0 Å². The van der Waals surface area contributed by atoms with Gasteiger partial charge in [-0.1, -0.05) is 68.1 Å². The van der Waals surface area contributed by atoms with Crippen LogP contribution >= 0.6 is 23.1 Å². The van der Waals surface area contributed by atoms with Crippen molar-refractivity contribution in [1.29, 1.82) is 0 Å². The number of imide groups is 1. The van der Waals surface area contributed by atoms with Crippen LogP contribution < -0.4 is 5.32 Å². The van der Waals surface area contributed by atoms with Gasteiger partial charge in [0.05, 0.1) is 6.54 Å². The van der Waals surface area contributed by atoms with Crippen molar-refractivity contribution in [3.63, 3.8) is 0 Å². The lowest BCUT2D eigenvalue weighted by Gasteiger charge is -2.24. The summed E-state index contributed by atoms with van der Waals surface area (Å²) in [4.78, 5) is 26.6. The van der Waals surface area contributed by atoms with E-state index in [1.54, 1.807) is 6.92 Å². The van der Waals surface area contributed by atoms with Crippen LogP contribution in [0, 0.1) is 0 Å². The summed E-state index contributed by atoms with van der Waals surface area (Å²) in [7, 11) is 0. The third-order valence-corrected chi connectivity index (χ3v) is 6.40. The van der Waals surface area contributed by atoms with Crippen molar-refractivity contribution in [2.24, 2.45) is 0 Å². The average Bonchev–Trinajstić information content (AvgIpc) is 3.13. The Labute approximate surface area is 161 Å². The van der Waals surface area contributed by atoms with Gasteiger partial charge < -0.3 is 5.32 Å². The van der Waals surface area contributed by atoms with Crippen LogP contribution in [0.5, 0.6) is 0 Å². The zero-order valence-corrected chi connectivity index (χ0v) is 17.1. The lowest BCUT2D eigenvalue weighted by molar-refractivity contribution is -0.131. The summed E-state index contributed by atoms with van der Waals surface area (Å²) in [6.45, 7) is 8.29. The molecule has 3 amide bonds. The number of thioether (sulfide) groups is 1. The monoisotopic (exact) mass is 390 g/mol. The zero-order valence-electron chi connectivity index (χ0n) is 15.5. The number of aromatic nitrogens is 2. The molecular formula is C18H22N4O2S2. The molecule has 1 saturated heterocycles. The highest BCUT2D eigenvalue weighted by Gasteiger charge is 2.49. The van der Waals surface area contributed by atoms with Gasteiger partial charge >= 0.3 is 6.03 Å². The molecule has 138 valence electrons. The van der Waals surface area contributed by atoms with Gasteiger partial charge in [0.2, 0.25) is 0 Å². The summed E-state index contributed by atoms with van der Waals surface area (Å²) in [5.74, 6) is -0.271. The summed E-state index contributed by atoms with van der Waals surface area (Å²) < 4.78 is 0.813. The number of carbonyl (C=O) groups excluding carboxylic acids is 2. The molecule has 0 radical (unpaired) electrons. The van der Waals surface area contributed by atoms with E-state index in [2.05, 4.69) is 36.3 Å². The van der Waals surface area contributed by atoms with E-state index in [4.69, 9.17) is 0 Å². The highest BCUT2D eigenvalue weighted by molar-refractivity contribution is 8.00. The second-order valence-corrected chi connectivity index (χ2v) is 9.56. The average molecular weight is 391 g/mol. The molecule has 0 bridgehead atoms. The molecule has 6 nitrogen and oxygen atoms in total. The molecule has 0 spiro atoms. The number of hydrogen-bond donors (Lipinski definition) is 1. The number of urea groups is 1. The standard InChI is InChI=1S/C18H22N4O2S2/c1-17(2,3)11-6-8-12(9-7-11)18(4)14(23)22(15(24)19-18)10-13-20-21-16(25-5)26-13/h6-9H,10H2,1-5H3,(H,19,24)/t18-/m0/s1. The molecule has 2 heterocycles. The third-order valence-electron chi connectivity index (χ3n) is 4.52. The molecule has 1 aliphatic rings. The number of rotatable bonds is 4. The van der Waals surface area contributed by atoms with E-state index in [1.165, 1.54) is 33.6 Å². The lowest BCUT2D eigenvalue weighted by Crippen LogP contribution is -2.40. The fourth-order valence-corrected chi connectivity index (χ4v) is 4.16. The fourth-order valence-electron chi connectivity index (χ4n) is 2.86. The Hall–Kier alpha value is -1.93. The molecule has 8 heteroatoms. The summed E-state index contributed by atoms with van der Waals surface area (Å²) >= 11 is 2.88. The number of carbonyl (C=O) groups is 2. The quantitative estimate of drug-likeness (QED) is 0.638. The Morgan fingerprint density at radius 1 is 1.19 bits per heavy atom. The second kappa shape index (κ2) is 6.66. The minimum absolute atomic E-state index is 0.0290. The van der Waals surface area contributed by atoms with Gasteiger partial charge in [0.1, 0.15) is 10.5 Å². The smallest absolute Gasteiger partial charge is 0.319 e. The van der Waals surface area contributed by atoms with Crippen molar-refractivity contribution in [1.82, 2.24) is 20.4 Å². The molecule has 1 fully saturated rings. The second-order valence-electron chi connectivity index (χ2n) is 7.44. The first-order valence-electron chi connectivity index (χ1n) is 8.26. The van der Waals surface area contributed by atoms with Gasteiger partial charge in [0.15, 0.2) is 4.34 Å². The molecule has 2 aromatic rings. The number of benzene rings is 1. The van der Waals surface area contributed by atoms with Crippen molar-refractivity contribution in [2.75, 3.05) is 6.26 Å². The Morgan fingerprint density at radius 2 is 1.85 bits per heavy atom. The van der Waals surface area contributed by atoms with Crippen LogP contribution in [-0.4, -0.2) is 33.3 Å². The fraction of sp³-hybridized carbons (Fsp3) is 0.444. The summed E-state index contributed by atoms with van der Waals surface area (Å²) in [5, 5.41) is 11.5. The van der Waals surface area contributed by atoms with E-state index in [9.17, 15) is 9.59 Å². The van der Waals surface area contributed by atoms with Gasteiger partial charge in [-0.3, -0.25) is 9.69 Å². The minimum atomic E-state index is -1.07. The van der Waals surface area contributed by atoms with Crippen LogP contribution in [0.15, 0.2) is 28.6 Å². The van der Waals surface area contributed by atoms with Gasteiger partial charge in [-0.15, -0.1) is 10.2 Å². The van der Waals surface area contributed by atoms with Crippen molar-refractivity contribution in [2.45, 2.75) is 49.5 Å². The predicted molar refractivity (Wildman–Crippen MR) is 103 cm³/mol. The molecular weight excluding hydrogens is 368 g/mol. The zero-order chi connectivity index (χ0) is 19.1. The van der Waals surface area contributed by atoms with Gasteiger partial charge in [-0.05, 0) is 29.7 Å². The van der Waals surface area contributed by atoms with Crippen LogP contribution in [-0.2, 0) is 22.3 Å². The molecule has 0 aliphatic carbocycles. The van der Waals surface area contributed by atoms with Crippen molar-refractivity contribution < 1.29 is 9.59 Å². The van der Waals surface area contributed by atoms with Crippen LogP contribution in [0.25, 0.3) is 0 Å². The summed E-state index contributed by atoms with van der Waals surface area (Å²) in [5.41, 5.74) is 0.909. The first-order chi connectivity index (χ1) is 12.1. The number of hydrogen-bond acceptors (Lipinski definition) is 6.